The third-order valence-corrected chi connectivity index (χ3v) is 4.28. The van der Waals surface area contributed by atoms with E-state index in [1.165, 1.54) is 5.56 Å². The number of hydrogen-bond donors (Lipinski definition) is 1. The van der Waals surface area contributed by atoms with Crippen LogP contribution in [0.3, 0.4) is 0 Å². The number of nitrogens with one attached hydrogen (secondary N) is 1. The van der Waals surface area contributed by atoms with Crippen LogP contribution in [0.2, 0.25) is 5.02 Å². The molecular weight excluding hydrogens is 310 g/mol. The molecule has 0 fully saturated rings. The van der Waals surface area contributed by atoms with Crippen molar-refractivity contribution in [1.82, 2.24) is 9.78 Å². The number of methoxy groups -OCH3 is 1. The van der Waals surface area contributed by atoms with Gasteiger partial charge in [0.15, 0.2) is 0 Å². The molecule has 0 bridgehead atoms. The van der Waals surface area contributed by atoms with Crippen molar-refractivity contribution in [3.8, 4) is 22.7 Å². The van der Waals surface area contributed by atoms with E-state index in [0.717, 1.165) is 41.5 Å². The Morgan fingerprint density at radius 3 is 2.87 bits per heavy atom. The number of ether oxygens (including phenoxy) is 1. The van der Waals surface area contributed by atoms with E-state index >= 15 is 0 Å². The zero-order valence-electron chi connectivity index (χ0n) is 12.7. The van der Waals surface area contributed by atoms with Gasteiger partial charge in [0, 0.05) is 22.7 Å². The Bertz CT molecular complexity index is 872. The molecule has 1 aliphatic rings. The first kappa shape index (κ1) is 14.2. The summed E-state index contributed by atoms with van der Waals surface area (Å²) in [5, 5.41) is 8.96. The van der Waals surface area contributed by atoms with Crippen LogP contribution in [0.4, 0.5) is 5.82 Å². The monoisotopic (exact) mass is 325 g/mol. The molecule has 5 heteroatoms. The smallest absolute Gasteiger partial charge is 0.133 e. The largest absolute Gasteiger partial charge is 0.497 e. The molecule has 4 rings (SSSR count). The van der Waals surface area contributed by atoms with Gasteiger partial charge in [0.25, 0.3) is 0 Å². The number of hydrogen-bond acceptors (Lipinski definition) is 3. The van der Waals surface area contributed by atoms with Crippen LogP contribution in [-0.2, 0) is 6.42 Å². The molecule has 0 aliphatic carbocycles. The number of halogens is 1. The molecule has 0 spiro atoms. The second-order valence-corrected chi connectivity index (χ2v) is 5.91. The molecule has 0 unspecified atom stereocenters. The molecule has 0 atom stereocenters. The Kier molecular flexibility index (Phi) is 3.46. The Balaban J connectivity index is 1.88. The minimum absolute atomic E-state index is 0.702. The summed E-state index contributed by atoms with van der Waals surface area (Å²) in [5.41, 5.74) is 4.24. The minimum atomic E-state index is 0.702. The summed E-state index contributed by atoms with van der Waals surface area (Å²) in [7, 11) is 1.68. The molecule has 2 aromatic carbocycles. The van der Waals surface area contributed by atoms with Crippen LogP contribution >= 0.6 is 11.6 Å². The number of anilines is 1. The van der Waals surface area contributed by atoms with Crippen molar-refractivity contribution >= 4 is 17.4 Å². The maximum Gasteiger partial charge on any atom is 0.133 e. The van der Waals surface area contributed by atoms with Crippen molar-refractivity contribution in [2.75, 3.05) is 19.0 Å². The van der Waals surface area contributed by atoms with Crippen molar-refractivity contribution < 1.29 is 4.74 Å². The zero-order chi connectivity index (χ0) is 15.8. The SMILES string of the molecule is COc1cccc(-c2nn(-c3cccc(Cl)c3)c3c2CCN3)c1. The van der Waals surface area contributed by atoms with Gasteiger partial charge in [0.2, 0.25) is 0 Å². The van der Waals surface area contributed by atoms with Gasteiger partial charge in [0.1, 0.15) is 11.6 Å². The highest BCUT2D eigenvalue weighted by Gasteiger charge is 2.24. The van der Waals surface area contributed by atoms with Crippen LogP contribution in [0.25, 0.3) is 16.9 Å². The summed E-state index contributed by atoms with van der Waals surface area (Å²) < 4.78 is 7.27. The summed E-state index contributed by atoms with van der Waals surface area (Å²) in [6.07, 6.45) is 0.961. The highest BCUT2D eigenvalue weighted by atomic mass is 35.5. The summed E-state index contributed by atoms with van der Waals surface area (Å²) in [6.45, 7) is 0.921. The standard InChI is InChI=1S/C18H16ClN3O/c1-23-15-7-2-4-12(10-15)17-16-8-9-20-18(16)22(21-17)14-6-3-5-13(19)11-14/h2-7,10-11,20H,8-9H2,1H3. The van der Waals surface area contributed by atoms with E-state index in [1.54, 1.807) is 7.11 Å². The first-order chi connectivity index (χ1) is 11.3. The van der Waals surface area contributed by atoms with Crippen molar-refractivity contribution in [1.29, 1.82) is 0 Å². The summed E-state index contributed by atoms with van der Waals surface area (Å²) >= 11 is 6.13. The second-order valence-electron chi connectivity index (χ2n) is 5.48. The Morgan fingerprint density at radius 2 is 2.04 bits per heavy atom. The van der Waals surface area contributed by atoms with E-state index in [2.05, 4.69) is 11.4 Å². The van der Waals surface area contributed by atoms with Crippen LogP contribution < -0.4 is 10.1 Å². The van der Waals surface area contributed by atoms with Crippen LogP contribution in [0.1, 0.15) is 5.56 Å². The van der Waals surface area contributed by atoms with E-state index in [1.807, 2.05) is 47.1 Å². The Hall–Kier alpha value is -2.46. The number of benzene rings is 2. The third-order valence-electron chi connectivity index (χ3n) is 4.05. The highest BCUT2D eigenvalue weighted by Crippen LogP contribution is 2.35. The zero-order valence-corrected chi connectivity index (χ0v) is 13.5. The van der Waals surface area contributed by atoms with Gasteiger partial charge in [-0.3, -0.25) is 0 Å². The minimum Gasteiger partial charge on any atom is -0.497 e. The first-order valence-electron chi connectivity index (χ1n) is 7.52. The van der Waals surface area contributed by atoms with Crippen LogP contribution in [0.15, 0.2) is 48.5 Å². The number of nitrogens with zero attached hydrogens (tertiary/aromatic N) is 2. The Morgan fingerprint density at radius 1 is 1.17 bits per heavy atom. The maximum absolute atomic E-state index is 6.13. The van der Waals surface area contributed by atoms with Crippen LogP contribution in [-0.4, -0.2) is 23.4 Å². The lowest BCUT2D eigenvalue weighted by Gasteiger charge is -2.06. The van der Waals surface area contributed by atoms with Gasteiger partial charge < -0.3 is 10.1 Å². The molecule has 4 nitrogen and oxygen atoms in total. The van der Waals surface area contributed by atoms with Gasteiger partial charge in [0.05, 0.1) is 18.5 Å². The number of fused-ring (bicyclic) bond motifs is 1. The lowest BCUT2D eigenvalue weighted by molar-refractivity contribution is 0.415. The quantitative estimate of drug-likeness (QED) is 0.785. The molecule has 0 saturated heterocycles. The van der Waals surface area contributed by atoms with Gasteiger partial charge in [-0.05, 0) is 36.8 Å². The molecule has 3 aromatic rings. The van der Waals surface area contributed by atoms with Crippen molar-refractivity contribution in [2.45, 2.75) is 6.42 Å². The Labute approximate surface area is 139 Å². The topological polar surface area (TPSA) is 39.1 Å². The van der Waals surface area contributed by atoms with E-state index in [0.29, 0.717) is 5.02 Å². The fourth-order valence-electron chi connectivity index (χ4n) is 2.97. The second kappa shape index (κ2) is 5.63. The average molecular weight is 326 g/mol. The van der Waals surface area contributed by atoms with E-state index in [4.69, 9.17) is 21.4 Å². The van der Waals surface area contributed by atoms with E-state index < -0.39 is 0 Å². The maximum atomic E-state index is 6.13. The predicted octanol–water partition coefficient (Wildman–Crippen LogP) is 4.17. The molecular formula is C18H16ClN3O. The number of rotatable bonds is 3. The van der Waals surface area contributed by atoms with Crippen LogP contribution in [0.5, 0.6) is 5.75 Å². The normalized spacial score (nSPS) is 12.8. The van der Waals surface area contributed by atoms with Crippen molar-refractivity contribution in [2.24, 2.45) is 0 Å². The molecule has 0 amide bonds. The van der Waals surface area contributed by atoms with E-state index in [-0.39, 0.29) is 0 Å². The van der Waals surface area contributed by atoms with Gasteiger partial charge in [-0.15, -0.1) is 0 Å². The number of aromatic nitrogens is 2. The molecule has 1 N–H and O–H groups in total. The predicted molar refractivity (Wildman–Crippen MR) is 92.8 cm³/mol. The molecule has 0 radical (unpaired) electrons. The highest BCUT2D eigenvalue weighted by molar-refractivity contribution is 6.30. The van der Waals surface area contributed by atoms with Gasteiger partial charge >= 0.3 is 0 Å². The fourth-order valence-corrected chi connectivity index (χ4v) is 3.16. The summed E-state index contributed by atoms with van der Waals surface area (Å²) in [6, 6.07) is 15.7. The molecule has 2 heterocycles. The van der Waals surface area contributed by atoms with Crippen molar-refractivity contribution in [3.05, 3.63) is 59.1 Å². The molecule has 1 aliphatic heterocycles. The van der Waals surface area contributed by atoms with Crippen molar-refractivity contribution in [3.63, 3.8) is 0 Å². The third kappa shape index (κ3) is 2.45. The summed E-state index contributed by atoms with van der Waals surface area (Å²) in [5.74, 6) is 1.88. The molecule has 1 aromatic heterocycles. The fraction of sp³-hybridized carbons (Fsp3) is 0.167. The molecule has 23 heavy (non-hydrogen) atoms. The molecule has 0 saturated carbocycles. The lowest BCUT2D eigenvalue weighted by atomic mass is 10.1. The lowest BCUT2D eigenvalue weighted by Crippen LogP contribution is -2.04. The summed E-state index contributed by atoms with van der Waals surface area (Å²) in [4.78, 5) is 0. The molecule has 116 valence electrons. The van der Waals surface area contributed by atoms with Gasteiger partial charge in [-0.1, -0.05) is 29.8 Å². The first-order valence-corrected chi connectivity index (χ1v) is 7.90. The van der Waals surface area contributed by atoms with Gasteiger partial charge in [-0.2, -0.15) is 5.10 Å². The average Bonchev–Trinajstić information content (AvgIpc) is 3.17. The van der Waals surface area contributed by atoms with Gasteiger partial charge in [-0.25, -0.2) is 4.68 Å². The van der Waals surface area contributed by atoms with Crippen LogP contribution in [0, 0.1) is 0 Å². The van der Waals surface area contributed by atoms with E-state index in [9.17, 15) is 0 Å².